The molecule has 0 aliphatic carbocycles. The number of hydrogen-bond donors (Lipinski definition) is 1. The topological polar surface area (TPSA) is 43.8 Å². The monoisotopic (exact) mass is 402 g/mol. The fraction of sp³-hybridized carbons (Fsp3) is 0.455. The number of likely N-dealkylation sites (tertiary alicyclic amines) is 1. The predicted molar refractivity (Wildman–Crippen MR) is 112 cm³/mol. The van der Waals surface area contributed by atoms with Gasteiger partial charge in [-0.05, 0) is 60.6 Å². The Labute approximate surface area is 168 Å². The highest BCUT2D eigenvalue weighted by atomic mass is 32.2. The molecule has 2 aliphatic rings. The van der Waals surface area contributed by atoms with E-state index in [1.54, 1.807) is 0 Å². The van der Waals surface area contributed by atoms with E-state index in [2.05, 4.69) is 21.9 Å². The summed E-state index contributed by atoms with van der Waals surface area (Å²) in [6, 6.07) is 13.6. The van der Waals surface area contributed by atoms with Gasteiger partial charge in [-0.15, -0.1) is 0 Å². The van der Waals surface area contributed by atoms with Crippen LogP contribution in [0.3, 0.4) is 0 Å². The van der Waals surface area contributed by atoms with Crippen molar-refractivity contribution in [1.29, 1.82) is 0 Å². The number of nitrogens with zero attached hydrogens (tertiary/aromatic N) is 2. The second-order valence-electron chi connectivity index (χ2n) is 7.82. The van der Waals surface area contributed by atoms with E-state index in [-0.39, 0.29) is 11.6 Å². The molecule has 6 heteroatoms. The second kappa shape index (κ2) is 8.72. The van der Waals surface area contributed by atoms with E-state index < -0.39 is 11.1 Å². The highest BCUT2D eigenvalue weighted by molar-refractivity contribution is 7.78. The summed E-state index contributed by atoms with van der Waals surface area (Å²) in [6.07, 6.45) is 4.29. The van der Waals surface area contributed by atoms with Crippen LogP contribution in [0.4, 0.5) is 10.1 Å². The summed E-state index contributed by atoms with van der Waals surface area (Å²) in [7, 11) is 0. The molecule has 1 saturated heterocycles. The summed E-state index contributed by atoms with van der Waals surface area (Å²) in [4.78, 5) is 5.01. The fourth-order valence-corrected chi connectivity index (χ4v) is 4.92. The van der Waals surface area contributed by atoms with Crippen LogP contribution in [0.5, 0.6) is 0 Å². The molecule has 4 nitrogen and oxygen atoms in total. The van der Waals surface area contributed by atoms with E-state index in [0.29, 0.717) is 6.04 Å². The molecule has 0 aromatic heterocycles. The minimum absolute atomic E-state index is 0.177. The lowest BCUT2D eigenvalue weighted by molar-refractivity contribution is 0.212. The maximum Gasteiger partial charge on any atom is 0.157 e. The zero-order valence-electron chi connectivity index (χ0n) is 16.0. The van der Waals surface area contributed by atoms with Gasteiger partial charge < -0.3 is 14.4 Å². The third-order valence-corrected chi connectivity index (χ3v) is 6.58. The van der Waals surface area contributed by atoms with E-state index in [4.69, 9.17) is 0 Å². The Morgan fingerprint density at radius 2 is 1.75 bits per heavy atom. The number of halogens is 1. The van der Waals surface area contributed by atoms with Gasteiger partial charge in [0.15, 0.2) is 11.1 Å². The molecule has 28 heavy (non-hydrogen) atoms. The molecule has 4 rings (SSSR count). The summed E-state index contributed by atoms with van der Waals surface area (Å²) < 4.78 is 33.3. The van der Waals surface area contributed by atoms with Gasteiger partial charge in [0.1, 0.15) is 5.82 Å². The van der Waals surface area contributed by atoms with Crippen LogP contribution in [-0.4, -0.2) is 45.9 Å². The van der Waals surface area contributed by atoms with Crippen LogP contribution in [0, 0.1) is 5.82 Å². The van der Waals surface area contributed by atoms with Gasteiger partial charge in [0.25, 0.3) is 0 Å². The number of hydrogen-bond acceptors (Lipinski definition) is 3. The molecule has 2 aliphatic heterocycles. The van der Waals surface area contributed by atoms with Gasteiger partial charge in [-0.1, -0.05) is 24.3 Å². The maximum absolute atomic E-state index is 13.0. The van der Waals surface area contributed by atoms with Crippen molar-refractivity contribution in [1.82, 2.24) is 4.90 Å². The van der Waals surface area contributed by atoms with Crippen LogP contribution >= 0.6 is 0 Å². The minimum Gasteiger partial charge on any atom is -0.368 e. The molecule has 2 aromatic rings. The fourth-order valence-electron chi connectivity index (χ4n) is 4.45. The van der Waals surface area contributed by atoms with Crippen molar-refractivity contribution < 1.29 is 13.2 Å². The van der Waals surface area contributed by atoms with Gasteiger partial charge >= 0.3 is 0 Å². The van der Waals surface area contributed by atoms with Crippen LogP contribution < -0.4 is 4.90 Å². The summed E-state index contributed by atoms with van der Waals surface area (Å²) in [5.41, 5.74) is 4.73. The molecular formula is C22H27FN2O2S. The van der Waals surface area contributed by atoms with Crippen molar-refractivity contribution in [3.8, 4) is 0 Å². The van der Waals surface area contributed by atoms with Crippen LogP contribution in [0.15, 0.2) is 42.5 Å². The number of rotatable bonds is 6. The molecule has 0 bridgehead atoms. The lowest BCUT2D eigenvalue weighted by Crippen LogP contribution is -2.45. The minimum atomic E-state index is -1.80. The number of anilines is 1. The maximum atomic E-state index is 13.0. The van der Waals surface area contributed by atoms with E-state index in [0.717, 1.165) is 57.4 Å². The zero-order valence-corrected chi connectivity index (χ0v) is 16.8. The van der Waals surface area contributed by atoms with Crippen LogP contribution in [0.25, 0.3) is 0 Å². The Hall–Kier alpha value is -1.76. The first kappa shape index (κ1) is 19.6. The standard InChI is InChI=1S/C22H27FN2O2S/c23-20-5-2-17(3-6-20)7-11-24-12-9-21(10-13-24)25-14-8-19-4-1-18(15-22(19)25)16-28(26)27/h1-6,15,21H,7-14,16H2,(H,26,27). The van der Waals surface area contributed by atoms with Gasteiger partial charge in [-0.25, -0.2) is 8.60 Å². The Morgan fingerprint density at radius 1 is 1.04 bits per heavy atom. The van der Waals surface area contributed by atoms with Crippen molar-refractivity contribution in [2.24, 2.45) is 0 Å². The molecule has 0 radical (unpaired) electrons. The summed E-state index contributed by atoms with van der Waals surface area (Å²) >= 11 is -1.80. The lowest BCUT2D eigenvalue weighted by Gasteiger charge is -2.38. The first-order valence-corrected chi connectivity index (χ1v) is 11.3. The predicted octanol–water partition coefficient (Wildman–Crippen LogP) is 3.62. The summed E-state index contributed by atoms with van der Waals surface area (Å²) in [6.45, 7) is 4.22. The molecule has 2 aromatic carbocycles. The molecule has 1 N–H and O–H groups in total. The molecular weight excluding hydrogens is 375 g/mol. The second-order valence-corrected chi connectivity index (χ2v) is 8.75. The highest BCUT2D eigenvalue weighted by Gasteiger charge is 2.29. The Morgan fingerprint density at radius 3 is 2.46 bits per heavy atom. The molecule has 1 atom stereocenters. The Balaban J connectivity index is 1.32. The average Bonchev–Trinajstić information content (AvgIpc) is 3.11. The SMILES string of the molecule is O=S(O)Cc1ccc2c(c1)N(C1CCN(CCc3ccc(F)cc3)CC1)CC2. The molecule has 150 valence electrons. The number of fused-ring (bicyclic) bond motifs is 1. The van der Waals surface area contributed by atoms with Gasteiger partial charge in [-0.3, -0.25) is 0 Å². The Bertz CT molecular complexity index is 835. The van der Waals surface area contributed by atoms with Crippen LogP contribution in [0.1, 0.15) is 29.5 Å². The largest absolute Gasteiger partial charge is 0.368 e. The average molecular weight is 403 g/mol. The van der Waals surface area contributed by atoms with Gasteiger partial charge in [0, 0.05) is 37.9 Å². The van der Waals surface area contributed by atoms with E-state index in [1.807, 2.05) is 18.2 Å². The van der Waals surface area contributed by atoms with Gasteiger partial charge in [-0.2, -0.15) is 0 Å². The number of benzene rings is 2. The molecule has 2 heterocycles. The third kappa shape index (κ3) is 4.62. The molecule has 0 amide bonds. The molecule has 0 saturated carbocycles. The highest BCUT2D eigenvalue weighted by Crippen LogP contribution is 2.33. The molecule has 0 spiro atoms. The first-order valence-electron chi connectivity index (χ1n) is 10.0. The third-order valence-electron chi connectivity index (χ3n) is 6.00. The van der Waals surface area contributed by atoms with Crippen molar-refractivity contribution >= 4 is 16.8 Å². The van der Waals surface area contributed by atoms with Crippen LogP contribution in [-0.2, 0) is 29.7 Å². The normalized spacial score (nSPS) is 19.0. The zero-order chi connectivity index (χ0) is 19.5. The summed E-state index contributed by atoms with van der Waals surface area (Å²) in [5.74, 6) is 0.0204. The van der Waals surface area contributed by atoms with Crippen LogP contribution in [0.2, 0.25) is 0 Å². The van der Waals surface area contributed by atoms with Crippen molar-refractivity contribution in [3.63, 3.8) is 0 Å². The van der Waals surface area contributed by atoms with Gasteiger partial charge in [0.2, 0.25) is 0 Å². The molecule has 1 fully saturated rings. The first-order chi connectivity index (χ1) is 13.6. The van der Waals surface area contributed by atoms with Crippen molar-refractivity contribution in [3.05, 3.63) is 65.0 Å². The molecule has 1 unspecified atom stereocenters. The van der Waals surface area contributed by atoms with Crippen molar-refractivity contribution in [2.75, 3.05) is 31.1 Å². The Kier molecular flexibility index (Phi) is 6.09. The van der Waals surface area contributed by atoms with Gasteiger partial charge in [0.05, 0.1) is 5.75 Å². The number of piperidine rings is 1. The van der Waals surface area contributed by atoms with E-state index in [1.165, 1.54) is 28.9 Å². The van der Waals surface area contributed by atoms with Crippen molar-refractivity contribution in [2.45, 2.75) is 37.5 Å². The van der Waals surface area contributed by atoms with E-state index in [9.17, 15) is 13.2 Å². The van der Waals surface area contributed by atoms with E-state index >= 15 is 0 Å². The lowest BCUT2D eigenvalue weighted by atomic mass is 10.0. The smallest absolute Gasteiger partial charge is 0.157 e. The summed E-state index contributed by atoms with van der Waals surface area (Å²) in [5, 5.41) is 0. The quantitative estimate of drug-likeness (QED) is 0.750.